The molecule has 6 nitrogen and oxygen atoms in total. The highest BCUT2D eigenvalue weighted by Crippen LogP contribution is 2.18. The van der Waals surface area contributed by atoms with Gasteiger partial charge in [0.2, 0.25) is 5.91 Å². The predicted molar refractivity (Wildman–Crippen MR) is 100 cm³/mol. The van der Waals surface area contributed by atoms with Gasteiger partial charge in [0.15, 0.2) is 0 Å². The Hall–Kier alpha value is -3.38. The van der Waals surface area contributed by atoms with Crippen molar-refractivity contribution < 1.29 is 9.21 Å². The van der Waals surface area contributed by atoms with Gasteiger partial charge in [-0.05, 0) is 60.7 Å². The predicted octanol–water partition coefficient (Wildman–Crippen LogP) is 4.32. The Morgan fingerprint density at radius 1 is 1.08 bits per heavy atom. The number of hydrogen-bond acceptors (Lipinski definition) is 4. The second-order valence-electron chi connectivity index (χ2n) is 5.51. The Morgan fingerprint density at radius 2 is 1.88 bits per heavy atom. The van der Waals surface area contributed by atoms with E-state index in [4.69, 9.17) is 16.0 Å². The maximum absolute atomic E-state index is 12.0. The van der Waals surface area contributed by atoms with Gasteiger partial charge in [0.1, 0.15) is 16.8 Å². The van der Waals surface area contributed by atoms with Gasteiger partial charge >= 0.3 is 0 Å². The molecule has 1 N–H and O–H groups in total. The lowest BCUT2D eigenvalue weighted by Crippen LogP contribution is -2.07. The fourth-order valence-corrected chi connectivity index (χ4v) is 2.54. The Morgan fingerprint density at radius 3 is 2.65 bits per heavy atom. The van der Waals surface area contributed by atoms with Crippen LogP contribution in [0.15, 0.2) is 71.4 Å². The van der Waals surface area contributed by atoms with Crippen LogP contribution in [0.1, 0.15) is 5.76 Å². The lowest BCUT2D eigenvalue weighted by atomic mass is 10.2. The van der Waals surface area contributed by atoms with Gasteiger partial charge in [0.05, 0.1) is 12.0 Å². The number of benzene rings is 2. The van der Waals surface area contributed by atoms with E-state index in [2.05, 4.69) is 15.5 Å². The van der Waals surface area contributed by atoms with Crippen molar-refractivity contribution in [3.8, 4) is 5.69 Å². The molecule has 0 atom stereocenters. The van der Waals surface area contributed by atoms with Crippen molar-refractivity contribution in [1.82, 2.24) is 15.0 Å². The first-order chi connectivity index (χ1) is 12.7. The molecular formula is C19H13ClN4O2. The molecule has 4 rings (SSSR count). The first kappa shape index (κ1) is 16.1. The van der Waals surface area contributed by atoms with E-state index >= 15 is 0 Å². The Labute approximate surface area is 153 Å². The van der Waals surface area contributed by atoms with Crippen LogP contribution in [-0.2, 0) is 4.79 Å². The number of furan rings is 1. The average Bonchev–Trinajstić information content (AvgIpc) is 3.30. The van der Waals surface area contributed by atoms with Crippen LogP contribution >= 0.6 is 11.6 Å². The third-order valence-corrected chi connectivity index (χ3v) is 3.90. The number of aromatic nitrogens is 3. The highest BCUT2D eigenvalue weighted by Gasteiger charge is 2.07. The zero-order chi connectivity index (χ0) is 17.9. The first-order valence-corrected chi connectivity index (χ1v) is 8.21. The van der Waals surface area contributed by atoms with Gasteiger partial charge in [-0.15, -0.1) is 10.2 Å². The Bertz CT molecular complexity index is 1080. The van der Waals surface area contributed by atoms with Gasteiger partial charge in [-0.3, -0.25) is 4.79 Å². The molecule has 0 aliphatic carbocycles. The standard InChI is InChI=1S/C19H13ClN4O2/c20-13-3-6-15(7-4-13)24-22-17-9-5-14(12-18(17)23-24)21-19(25)10-8-16-2-1-11-26-16/h1-12H,(H,21,25). The van der Waals surface area contributed by atoms with Crippen LogP contribution in [0.3, 0.4) is 0 Å². The van der Waals surface area contributed by atoms with Crippen LogP contribution < -0.4 is 5.32 Å². The van der Waals surface area contributed by atoms with Crippen LogP contribution in [0.25, 0.3) is 22.8 Å². The fraction of sp³-hybridized carbons (Fsp3) is 0. The number of carbonyl (C=O) groups is 1. The average molecular weight is 365 g/mol. The van der Waals surface area contributed by atoms with E-state index in [1.165, 1.54) is 10.9 Å². The van der Waals surface area contributed by atoms with E-state index in [0.717, 1.165) is 11.2 Å². The molecule has 7 heteroatoms. The number of fused-ring (bicyclic) bond motifs is 1. The van der Waals surface area contributed by atoms with Gasteiger partial charge in [-0.25, -0.2) is 0 Å². The van der Waals surface area contributed by atoms with E-state index in [0.29, 0.717) is 22.0 Å². The third kappa shape index (κ3) is 3.50. The van der Waals surface area contributed by atoms with E-state index in [1.807, 2.05) is 12.1 Å². The number of nitrogens with one attached hydrogen (secondary N) is 1. The molecule has 2 aromatic heterocycles. The monoisotopic (exact) mass is 364 g/mol. The fourth-order valence-electron chi connectivity index (χ4n) is 2.41. The van der Waals surface area contributed by atoms with Crippen molar-refractivity contribution >= 4 is 40.3 Å². The quantitative estimate of drug-likeness (QED) is 0.547. The van der Waals surface area contributed by atoms with Crippen LogP contribution in [0.4, 0.5) is 5.69 Å². The summed E-state index contributed by atoms with van der Waals surface area (Å²) >= 11 is 5.90. The molecular weight excluding hydrogens is 352 g/mol. The maximum Gasteiger partial charge on any atom is 0.248 e. The molecule has 128 valence electrons. The molecule has 0 radical (unpaired) electrons. The summed E-state index contributed by atoms with van der Waals surface area (Å²) in [5.41, 5.74) is 2.84. The van der Waals surface area contributed by atoms with Gasteiger partial charge in [-0.2, -0.15) is 4.80 Å². The SMILES string of the molecule is O=C(C=Cc1ccco1)Nc1ccc2nn(-c3ccc(Cl)cc3)nc2c1. The number of rotatable bonds is 4. The topological polar surface area (TPSA) is 73.0 Å². The van der Waals surface area contributed by atoms with E-state index in [1.54, 1.807) is 54.8 Å². The third-order valence-electron chi connectivity index (χ3n) is 3.65. The Balaban J connectivity index is 1.53. The maximum atomic E-state index is 12.0. The summed E-state index contributed by atoms with van der Waals surface area (Å²) in [7, 11) is 0. The summed E-state index contributed by atoms with van der Waals surface area (Å²) < 4.78 is 5.15. The summed E-state index contributed by atoms with van der Waals surface area (Å²) in [4.78, 5) is 13.5. The first-order valence-electron chi connectivity index (χ1n) is 7.83. The normalized spacial score (nSPS) is 11.3. The molecule has 0 saturated heterocycles. The lowest BCUT2D eigenvalue weighted by Gasteiger charge is -2.00. The van der Waals surface area contributed by atoms with Crippen LogP contribution in [0, 0.1) is 0 Å². The molecule has 0 aliphatic rings. The molecule has 1 amide bonds. The second kappa shape index (κ2) is 6.85. The van der Waals surface area contributed by atoms with Gasteiger partial charge in [-0.1, -0.05) is 11.6 Å². The largest absolute Gasteiger partial charge is 0.465 e. The lowest BCUT2D eigenvalue weighted by molar-refractivity contribution is -0.111. The number of nitrogens with zero attached hydrogens (tertiary/aromatic N) is 3. The summed E-state index contributed by atoms with van der Waals surface area (Å²) in [6, 6.07) is 16.1. The number of anilines is 1. The molecule has 2 heterocycles. The molecule has 0 aliphatic heterocycles. The van der Waals surface area contributed by atoms with Gasteiger partial charge in [0, 0.05) is 16.8 Å². The molecule has 0 spiro atoms. The van der Waals surface area contributed by atoms with Crippen LogP contribution in [0.2, 0.25) is 5.02 Å². The van der Waals surface area contributed by atoms with Crippen molar-refractivity contribution in [3.05, 3.63) is 77.7 Å². The molecule has 0 fully saturated rings. The van der Waals surface area contributed by atoms with Crippen molar-refractivity contribution in [2.75, 3.05) is 5.32 Å². The van der Waals surface area contributed by atoms with Gasteiger partial charge < -0.3 is 9.73 Å². The minimum atomic E-state index is -0.258. The Kier molecular flexibility index (Phi) is 4.25. The van der Waals surface area contributed by atoms with Gasteiger partial charge in [0.25, 0.3) is 0 Å². The summed E-state index contributed by atoms with van der Waals surface area (Å²) in [6.07, 6.45) is 4.56. The van der Waals surface area contributed by atoms with E-state index in [9.17, 15) is 4.79 Å². The van der Waals surface area contributed by atoms with Crippen LogP contribution in [-0.4, -0.2) is 20.9 Å². The minimum absolute atomic E-state index is 0.258. The summed E-state index contributed by atoms with van der Waals surface area (Å²) in [5, 5.41) is 12.3. The zero-order valence-electron chi connectivity index (χ0n) is 13.5. The van der Waals surface area contributed by atoms with Crippen molar-refractivity contribution in [2.24, 2.45) is 0 Å². The van der Waals surface area contributed by atoms with E-state index in [-0.39, 0.29) is 5.91 Å². The molecule has 4 aromatic rings. The number of amides is 1. The van der Waals surface area contributed by atoms with Crippen LogP contribution in [0.5, 0.6) is 0 Å². The second-order valence-corrected chi connectivity index (χ2v) is 5.94. The molecule has 0 unspecified atom stereocenters. The summed E-state index contributed by atoms with van der Waals surface area (Å²) in [5.74, 6) is 0.354. The number of halogens is 1. The number of carbonyl (C=O) groups excluding carboxylic acids is 1. The van der Waals surface area contributed by atoms with Crippen molar-refractivity contribution in [1.29, 1.82) is 0 Å². The molecule has 0 bridgehead atoms. The van der Waals surface area contributed by atoms with Crippen molar-refractivity contribution in [2.45, 2.75) is 0 Å². The minimum Gasteiger partial charge on any atom is -0.465 e. The molecule has 2 aromatic carbocycles. The molecule has 26 heavy (non-hydrogen) atoms. The highest BCUT2D eigenvalue weighted by molar-refractivity contribution is 6.30. The highest BCUT2D eigenvalue weighted by atomic mass is 35.5. The van der Waals surface area contributed by atoms with E-state index < -0.39 is 0 Å². The number of hydrogen-bond donors (Lipinski definition) is 1. The smallest absolute Gasteiger partial charge is 0.248 e. The zero-order valence-corrected chi connectivity index (χ0v) is 14.2. The van der Waals surface area contributed by atoms with Crippen molar-refractivity contribution in [3.63, 3.8) is 0 Å². The molecule has 0 saturated carbocycles. The summed E-state index contributed by atoms with van der Waals surface area (Å²) in [6.45, 7) is 0.